The van der Waals surface area contributed by atoms with Crippen molar-refractivity contribution >= 4 is 11.7 Å². The molecule has 1 atom stereocenters. The van der Waals surface area contributed by atoms with Gasteiger partial charge in [0, 0.05) is 13.1 Å². The van der Waals surface area contributed by atoms with E-state index in [-0.39, 0.29) is 18.4 Å². The first-order valence-corrected chi connectivity index (χ1v) is 4.74. The second-order valence-corrected chi connectivity index (χ2v) is 3.78. The van der Waals surface area contributed by atoms with Crippen molar-refractivity contribution in [3.63, 3.8) is 0 Å². The molecule has 1 saturated heterocycles. The minimum atomic E-state index is -0.568. The van der Waals surface area contributed by atoms with E-state index in [1.165, 1.54) is 0 Å². The van der Waals surface area contributed by atoms with Gasteiger partial charge < -0.3 is 15.7 Å². The van der Waals surface area contributed by atoms with E-state index in [0.717, 1.165) is 0 Å². The van der Waals surface area contributed by atoms with E-state index < -0.39 is 6.10 Å². The van der Waals surface area contributed by atoms with E-state index in [1.54, 1.807) is 18.7 Å². The number of likely N-dealkylation sites (tertiary alicyclic amines) is 1. The normalized spacial score (nSPS) is 20.5. The minimum absolute atomic E-state index is 0.0128. The summed E-state index contributed by atoms with van der Waals surface area (Å²) in [4.78, 5) is 17.2. The van der Waals surface area contributed by atoms with Crippen LogP contribution in [-0.4, -0.2) is 47.0 Å². The van der Waals surface area contributed by atoms with Crippen LogP contribution in [-0.2, 0) is 4.79 Å². The second kappa shape index (κ2) is 4.41. The quantitative estimate of drug-likeness (QED) is 0.468. The molecule has 1 aliphatic rings. The predicted octanol–water partition coefficient (Wildman–Crippen LogP) is -0.655. The summed E-state index contributed by atoms with van der Waals surface area (Å²) in [6, 6.07) is 0.151. The van der Waals surface area contributed by atoms with Gasteiger partial charge in [-0.3, -0.25) is 9.79 Å². The van der Waals surface area contributed by atoms with Crippen molar-refractivity contribution in [2.24, 2.45) is 10.7 Å². The Morgan fingerprint density at radius 3 is 2.71 bits per heavy atom. The van der Waals surface area contributed by atoms with E-state index in [4.69, 9.17) is 10.8 Å². The summed E-state index contributed by atoms with van der Waals surface area (Å²) in [5, 5.41) is 9.01. The summed E-state index contributed by atoms with van der Waals surface area (Å²) >= 11 is 0. The van der Waals surface area contributed by atoms with Crippen molar-refractivity contribution in [3.05, 3.63) is 0 Å². The maximum Gasteiger partial charge on any atom is 0.225 e. The van der Waals surface area contributed by atoms with Gasteiger partial charge in [-0.15, -0.1) is 0 Å². The fourth-order valence-corrected chi connectivity index (χ4v) is 1.41. The highest BCUT2D eigenvalue weighted by atomic mass is 16.3. The lowest BCUT2D eigenvalue weighted by Gasteiger charge is -2.37. The molecular formula is C9H17N3O2. The first kappa shape index (κ1) is 11.0. The summed E-state index contributed by atoms with van der Waals surface area (Å²) in [5.74, 6) is 0.541. The molecule has 14 heavy (non-hydrogen) atoms. The fraction of sp³-hybridized carbons (Fsp3) is 0.778. The van der Waals surface area contributed by atoms with Gasteiger partial charge in [0.2, 0.25) is 5.91 Å². The van der Waals surface area contributed by atoms with Gasteiger partial charge in [-0.1, -0.05) is 0 Å². The largest absolute Gasteiger partial charge is 0.393 e. The zero-order valence-corrected chi connectivity index (χ0v) is 8.60. The Balaban J connectivity index is 2.27. The highest BCUT2D eigenvalue weighted by Crippen LogP contribution is 2.13. The molecule has 0 spiro atoms. The van der Waals surface area contributed by atoms with Gasteiger partial charge in [-0.2, -0.15) is 0 Å². The fourth-order valence-electron chi connectivity index (χ4n) is 1.41. The number of aliphatic hydroxyl groups excluding tert-OH is 1. The Kier molecular flexibility index (Phi) is 3.46. The lowest BCUT2D eigenvalue weighted by atomic mass is 10.1. The molecule has 0 aliphatic carbocycles. The number of carbonyl (C=O) groups excluding carboxylic acids is 1. The van der Waals surface area contributed by atoms with Crippen LogP contribution in [0.1, 0.15) is 20.3 Å². The number of amidine groups is 1. The maximum absolute atomic E-state index is 11.4. The van der Waals surface area contributed by atoms with Crippen LogP contribution in [0.25, 0.3) is 0 Å². The number of aliphatic imine (C=N–C) groups is 1. The zero-order valence-electron chi connectivity index (χ0n) is 8.60. The third kappa shape index (κ3) is 2.99. The second-order valence-electron chi connectivity index (χ2n) is 3.78. The lowest BCUT2D eigenvalue weighted by molar-refractivity contribution is -0.137. The molecule has 0 saturated carbocycles. The molecule has 80 valence electrons. The molecule has 0 aromatic carbocycles. The molecule has 1 amide bonds. The van der Waals surface area contributed by atoms with E-state index >= 15 is 0 Å². The summed E-state index contributed by atoms with van der Waals surface area (Å²) in [7, 11) is 0. The number of amides is 1. The van der Waals surface area contributed by atoms with Crippen LogP contribution < -0.4 is 5.73 Å². The number of aliphatic hydroxyl groups is 1. The SMILES string of the molecule is CC(N)=NC1CN(C(=O)CC(C)O)C1. The standard InChI is InChI=1S/C9H17N3O2/c1-6(13)3-9(14)12-4-8(5-12)11-7(2)10/h6,8,13H,3-5H2,1-2H3,(H2,10,11). The van der Waals surface area contributed by atoms with Gasteiger partial charge in [0.15, 0.2) is 0 Å². The van der Waals surface area contributed by atoms with Crippen LogP contribution in [0.5, 0.6) is 0 Å². The molecule has 0 radical (unpaired) electrons. The van der Waals surface area contributed by atoms with Crippen molar-refractivity contribution in [3.8, 4) is 0 Å². The van der Waals surface area contributed by atoms with E-state index in [9.17, 15) is 4.79 Å². The highest BCUT2D eigenvalue weighted by molar-refractivity contribution is 5.79. The maximum atomic E-state index is 11.4. The Morgan fingerprint density at radius 1 is 1.71 bits per heavy atom. The number of nitrogens with two attached hydrogens (primary N) is 1. The lowest BCUT2D eigenvalue weighted by Crippen LogP contribution is -2.53. The summed E-state index contributed by atoms with van der Waals surface area (Å²) < 4.78 is 0. The van der Waals surface area contributed by atoms with Crippen molar-refractivity contribution in [1.29, 1.82) is 0 Å². The molecule has 5 nitrogen and oxygen atoms in total. The topological polar surface area (TPSA) is 78.9 Å². The third-order valence-electron chi connectivity index (χ3n) is 2.07. The molecule has 1 fully saturated rings. The van der Waals surface area contributed by atoms with E-state index in [1.807, 2.05) is 0 Å². The first-order valence-electron chi connectivity index (χ1n) is 4.74. The van der Waals surface area contributed by atoms with Gasteiger partial charge >= 0.3 is 0 Å². The molecule has 1 aliphatic heterocycles. The molecule has 1 unspecified atom stereocenters. The van der Waals surface area contributed by atoms with Crippen molar-refractivity contribution in [1.82, 2.24) is 4.90 Å². The van der Waals surface area contributed by atoms with E-state index in [0.29, 0.717) is 18.9 Å². The van der Waals surface area contributed by atoms with Crippen LogP contribution in [0, 0.1) is 0 Å². The molecule has 1 rings (SSSR count). The number of nitrogens with zero attached hydrogens (tertiary/aromatic N) is 2. The summed E-state index contributed by atoms with van der Waals surface area (Å²) in [6.45, 7) is 4.60. The van der Waals surface area contributed by atoms with Gasteiger partial charge in [0.05, 0.1) is 24.4 Å². The highest BCUT2D eigenvalue weighted by Gasteiger charge is 2.30. The molecule has 5 heteroatoms. The number of carbonyl (C=O) groups is 1. The smallest absolute Gasteiger partial charge is 0.225 e. The molecule has 0 aromatic rings. The molecule has 3 N–H and O–H groups in total. The van der Waals surface area contributed by atoms with Crippen LogP contribution in [0.3, 0.4) is 0 Å². The van der Waals surface area contributed by atoms with Gasteiger partial charge in [-0.25, -0.2) is 0 Å². The van der Waals surface area contributed by atoms with Crippen LogP contribution in [0.15, 0.2) is 4.99 Å². The molecule has 0 aromatic heterocycles. The number of rotatable bonds is 3. The van der Waals surface area contributed by atoms with Crippen molar-refractivity contribution in [2.75, 3.05) is 13.1 Å². The average Bonchev–Trinajstić information content (AvgIpc) is 1.93. The van der Waals surface area contributed by atoms with Crippen LogP contribution in [0.2, 0.25) is 0 Å². The third-order valence-corrected chi connectivity index (χ3v) is 2.07. The Hall–Kier alpha value is -1.10. The molecular weight excluding hydrogens is 182 g/mol. The Morgan fingerprint density at radius 2 is 2.29 bits per heavy atom. The predicted molar refractivity (Wildman–Crippen MR) is 54.0 cm³/mol. The van der Waals surface area contributed by atoms with Crippen molar-refractivity contribution in [2.45, 2.75) is 32.4 Å². The zero-order chi connectivity index (χ0) is 10.7. The van der Waals surface area contributed by atoms with Gasteiger partial charge in [0.1, 0.15) is 0 Å². The van der Waals surface area contributed by atoms with Crippen molar-refractivity contribution < 1.29 is 9.90 Å². The van der Waals surface area contributed by atoms with Gasteiger partial charge in [-0.05, 0) is 13.8 Å². The Bertz CT molecular complexity index is 240. The van der Waals surface area contributed by atoms with Crippen LogP contribution in [0.4, 0.5) is 0 Å². The number of hydrogen-bond donors (Lipinski definition) is 2. The summed E-state index contributed by atoms with van der Waals surface area (Å²) in [6.07, 6.45) is -0.376. The minimum Gasteiger partial charge on any atom is -0.393 e. The monoisotopic (exact) mass is 199 g/mol. The number of hydrogen-bond acceptors (Lipinski definition) is 3. The average molecular weight is 199 g/mol. The van der Waals surface area contributed by atoms with Gasteiger partial charge in [0.25, 0.3) is 0 Å². The summed E-state index contributed by atoms with van der Waals surface area (Å²) in [5.41, 5.74) is 5.41. The Labute approximate surface area is 83.6 Å². The van der Waals surface area contributed by atoms with Crippen LogP contribution >= 0.6 is 0 Å². The van der Waals surface area contributed by atoms with E-state index in [2.05, 4.69) is 4.99 Å². The molecule has 1 heterocycles. The molecule has 0 bridgehead atoms. The first-order chi connectivity index (χ1) is 6.49.